The van der Waals surface area contributed by atoms with E-state index in [1.54, 1.807) is 0 Å². The van der Waals surface area contributed by atoms with Crippen molar-refractivity contribution in [1.29, 1.82) is 5.26 Å². The van der Waals surface area contributed by atoms with E-state index in [2.05, 4.69) is 4.98 Å². The molecular weight excluding hydrogens is 125 g/mol. The molecule has 0 aliphatic heterocycles. The lowest BCUT2D eigenvalue weighted by molar-refractivity contribution is 1.34. The number of hydrogen-bond acceptors (Lipinski definition) is 3. The van der Waals surface area contributed by atoms with Gasteiger partial charge in [0.2, 0.25) is 0 Å². The van der Waals surface area contributed by atoms with E-state index in [0.717, 1.165) is 0 Å². The molecule has 0 atom stereocenters. The molecule has 0 spiro atoms. The minimum Gasteiger partial charge on any atom is -0.384 e. The van der Waals surface area contributed by atoms with Gasteiger partial charge in [0.1, 0.15) is 13.7 Å². The number of anilines is 1. The summed E-state index contributed by atoms with van der Waals surface area (Å²) in [6.45, 7) is 0. The van der Waals surface area contributed by atoms with Gasteiger partial charge in [-0.3, -0.25) is 0 Å². The Hall–Kier alpha value is -1.50. The SMILES string of the molecule is [B]c1cnc(N)cc1C#N. The molecular formula is C6H4BN3. The summed E-state index contributed by atoms with van der Waals surface area (Å²) in [5.41, 5.74) is 6.01. The molecule has 1 aromatic rings. The highest BCUT2D eigenvalue weighted by Crippen LogP contribution is 1.96. The second kappa shape index (κ2) is 2.40. The van der Waals surface area contributed by atoms with Crippen molar-refractivity contribution in [3.05, 3.63) is 17.8 Å². The van der Waals surface area contributed by atoms with Crippen molar-refractivity contribution in [3.8, 4) is 6.07 Å². The van der Waals surface area contributed by atoms with Crippen molar-refractivity contribution in [2.45, 2.75) is 0 Å². The summed E-state index contributed by atoms with van der Waals surface area (Å²) in [5.74, 6) is 0.311. The van der Waals surface area contributed by atoms with Crippen LogP contribution in [0.5, 0.6) is 0 Å². The summed E-state index contributed by atoms with van der Waals surface area (Å²) in [6, 6.07) is 3.33. The quantitative estimate of drug-likeness (QED) is 0.472. The number of aromatic nitrogens is 1. The Morgan fingerprint density at radius 3 is 2.90 bits per heavy atom. The van der Waals surface area contributed by atoms with E-state index >= 15 is 0 Å². The Labute approximate surface area is 59.9 Å². The van der Waals surface area contributed by atoms with Gasteiger partial charge in [-0.1, -0.05) is 5.46 Å². The van der Waals surface area contributed by atoms with E-state index in [0.29, 0.717) is 16.8 Å². The van der Waals surface area contributed by atoms with Crippen LogP contribution in [0, 0.1) is 11.3 Å². The molecule has 1 heterocycles. The average molecular weight is 129 g/mol. The van der Waals surface area contributed by atoms with Crippen molar-refractivity contribution in [1.82, 2.24) is 4.98 Å². The molecule has 3 nitrogen and oxygen atoms in total. The zero-order chi connectivity index (χ0) is 7.56. The summed E-state index contributed by atoms with van der Waals surface area (Å²) in [6.07, 6.45) is 1.37. The summed E-state index contributed by atoms with van der Waals surface area (Å²) in [5, 5.41) is 8.43. The van der Waals surface area contributed by atoms with Crippen LogP contribution in [0.2, 0.25) is 0 Å². The Morgan fingerprint density at radius 1 is 1.70 bits per heavy atom. The molecule has 2 radical (unpaired) electrons. The predicted octanol–water partition coefficient (Wildman–Crippen LogP) is -0.671. The molecule has 4 heteroatoms. The molecule has 1 aromatic heterocycles. The molecule has 0 aromatic carbocycles. The Balaban J connectivity index is 3.25. The topological polar surface area (TPSA) is 62.7 Å². The molecule has 0 aliphatic rings. The zero-order valence-electron chi connectivity index (χ0n) is 5.20. The normalized spacial score (nSPS) is 8.70. The molecule has 0 fully saturated rings. The highest BCUT2D eigenvalue weighted by atomic mass is 14.8. The van der Waals surface area contributed by atoms with Gasteiger partial charge < -0.3 is 5.73 Å². The van der Waals surface area contributed by atoms with Crippen LogP contribution in [0.1, 0.15) is 5.56 Å². The number of pyridine rings is 1. The predicted molar refractivity (Wildman–Crippen MR) is 38.8 cm³/mol. The summed E-state index contributed by atoms with van der Waals surface area (Å²) < 4.78 is 0. The number of nitrogen functional groups attached to an aromatic ring is 1. The standard InChI is InChI=1S/C6H4BN3/c7-5-3-10-6(9)1-4(5)2-8/h1,3H,(H2,9,10). The summed E-state index contributed by atoms with van der Waals surface area (Å²) in [4.78, 5) is 3.69. The fourth-order valence-corrected chi connectivity index (χ4v) is 0.579. The first-order chi connectivity index (χ1) is 4.74. The maximum Gasteiger partial charge on any atom is 0.124 e. The number of nitrogens with zero attached hydrogens (tertiary/aromatic N) is 2. The highest BCUT2D eigenvalue weighted by molar-refractivity contribution is 6.33. The van der Waals surface area contributed by atoms with Crippen LogP contribution in [-0.4, -0.2) is 12.8 Å². The fourth-order valence-electron chi connectivity index (χ4n) is 0.579. The Bertz CT molecular complexity index is 290. The minimum absolute atomic E-state index is 0.311. The van der Waals surface area contributed by atoms with Gasteiger partial charge >= 0.3 is 0 Å². The van der Waals surface area contributed by atoms with Crippen LogP contribution in [-0.2, 0) is 0 Å². The first kappa shape index (κ1) is 6.62. The van der Waals surface area contributed by atoms with Crippen LogP contribution in [0.3, 0.4) is 0 Å². The molecule has 2 N–H and O–H groups in total. The number of nitrogens with two attached hydrogens (primary N) is 1. The van der Waals surface area contributed by atoms with Gasteiger partial charge in [-0.2, -0.15) is 5.26 Å². The second-order valence-corrected chi connectivity index (χ2v) is 1.81. The van der Waals surface area contributed by atoms with Gasteiger partial charge in [0.25, 0.3) is 0 Å². The van der Waals surface area contributed by atoms with Gasteiger partial charge in [-0.05, 0) is 6.07 Å². The first-order valence-corrected chi connectivity index (χ1v) is 2.65. The van der Waals surface area contributed by atoms with E-state index in [9.17, 15) is 0 Å². The minimum atomic E-state index is 0.311. The van der Waals surface area contributed by atoms with Crippen molar-refractivity contribution < 1.29 is 0 Å². The third-order valence-corrected chi connectivity index (χ3v) is 1.08. The van der Waals surface area contributed by atoms with E-state index in [4.69, 9.17) is 18.8 Å². The monoisotopic (exact) mass is 129 g/mol. The van der Waals surface area contributed by atoms with E-state index in [1.165, 1.54) is 12.3 Å². The Morgan fingerprint density at radius 2 is 2.40 bits per heavy atom. The third kappa shape index (κ3) is 1.08. The summed E-state index contributed by atoms with van der Waals surface area (Å²) >= 11 is 0. The van der Waals surface area contributed by atoms with Gasteiger partial charge in [0.05, 0.1) is 11.6 Å². The highest BCUT2D eigenvalue weighted by Gasteiger charge is 1.95. The van der Waals surface area contributed by atoms with Crippen LogP contribution >= 0.6 is 0 Å². The maximum atomic E-state index is 8.43. The molecule has 46 valence electrons. The largest absolute Gasteiger partial charge is 0.384 e. The lowest BCUT2D eigenvalue weighted by Crippen LogP contribution is -2.09. The van der Waals surface area contributed by atoms with E-state index < -0.39 is 0 Å². The van der Waals surface area contributed by atoms with Gasteiger partial charge in [-0.25, -0.2) is 4.98 Å². The smallest absolute Gasteiger partial charge is 0.124 e. The van der Waals surface area contributed by atoms with E-state index in [1.807, 2.05) is 6.07 Å². The zero-order valence-corrected chi connectivity index (χ0v) is 5.20. The van der Waals surface area contributed by atoms with E-state index in [-0.39, 0.29) is 0 Å². The van der Waals surface area contributed by atoms with Crippen LogP contribution in [0.25, 0.3) is 0 Å². The molecule has 10 heavy (non-hydrogen) atoms. The third-order valence-electron chi connectivity index (χ3n) is 1.08. The first-order valence-electron chi connectivity index (χ1n) is 2.65. The van der Waals surface area contributed by atoms with Gasteiger partial charge in [0, 0.05) is 6.20 Å². The lowest BCUT2D eigenvalue weighted by Gasteiger charge is -1.95. The van der Waals surface area contributed by atoms with Gasteiger partial charge in [-0.15, -0.1) is 0 Å². The molecule has 0 saturated carbocycles. The molecule has 0 bridgehead atoms. The van der Waals surface area contributed by atoms with Crippen LogP contribution in [0.15, 0.2) is 12.3 Å². The molecule has 0 amide bonds. The fraction of sp³-hybridized carbons (Fsp3) is 0. The van der Waals surface area contributed by atoms with Crippen LogP contribution in [0.4, 0.5) is 5.82 Å². The number of hydrogen-bond donors (Lipinski definition) is 1. The average Bonchev–Trinajstić information content (AvgIpc) is 1.94. The molecule has 1 rings (SSSR count). The number of nitriles is 1. The van der Waals surface area contributed by atoms with Crippen molar-refractivity contribution in [2.75, 3.05) is 5.73 Å². The summed E-state index contributed by atoms with van der Waals surface area (Å²) in [7, 11) is 5.36. The van der Waals surface area contributed by atoms with Crippen molar-refractivity contribution in [2.24, 2.45) is 0 Å². The Kier molecular flexibility index (Phi) is 1.59. The molecule has 0 unspecified atom stereocenters. The second-order valence-electron chi connectivity index (χ2n) is 1.81. The van der Waals surface area contributed by atoms with Gasteiger partial charge in [0.15, 0.2) is 0 Å². The van der Waals surface area contributed by atoms with Crippen molar-refractivity contribution in [3.63, 3.8) is 0 Å². The lowest BCUT2D eigenvalue weighted by atomic mass is 9.93. The maximum absolute atomic E-state index is 8.43. The number of rotatable bonds is 0. The van der Waals surface area contributed by atoms with Crippen molar-refractivity contribution >= 4 is 19.1 Å². The molecule has 0 saturated heterocycles. The molecule has 0 aliphatic carbocycles. The van der Waals surface area contributed by atoms with Crippen LogP contribution < -0.4 is 11.2 Å².